The van der Waals surface area contributed by atoms with Crippen LogP contribution in [0.5, 0.6) is 17.2 Å². The Labute approximate surface area is 146 Å². The van der Waals surface area contributed by atoms with Gasteiger partial charge in [-0.1, -0.05) is 36.4 Å². The zero-order valence-corrected chi connectivity index (χ0v) is 13.9. The maximum absolute atomic E-state index is 6.13. The van der Waals surface area contributed by atoms with Crippen molar-refractivity contribution in [2.75, 3.05) is 13.7 Å². The molecule has 3 nitrogen and oxygen atoms in total. The second-order valence-electron chi connectivity index (χ2n) is 6.46. The van der Waals surface area contributed by atoms with Gasteiger partial charge in [-0.05, 0) is 41.5 Å². The largest absolute Gasteiger partial charge is 0.497 e. The number of fused-ring (bicyclic) bond motifs is 4. The minimum atomic E-state index is 0.00865. The lowest BCUT2D eigenvalue weighted by Crippen LogP contribution is -2.20. The van der Waals surface area contributed by atoms with E-state index in [-0.39, 0.29) is 12.0 Å². The lowest BCUT2D eigenvalue weighted by Gasteiger charge is -2.26. The second-order valence-corrected chi connectivity index (χ2v) is 6.46. The van der Waals surface area contributed by atoms with E-state index in [0.717, 1.165) is 22.8 Å². The van der Waals surface area contributed by atoms with Crippen LogP contribution in [0.25, 0.3) is 6.08 Å². The first kappa shape index (κ1) is 14.4. The fourth-order valence-electron chi connectivity index (χ4n) is 3.72. The normalized spacial score (nSPS) is 22.2. The van der Waals surface area contributed by atoms with Crippen LogP contribution in [-0.4, -0.2) is 19.8 Å². The molecule has 0 spiro atoms. The highest BCUT2D eigenvalue weighted by Crippen LogP contribution is 2.47. The van der Waals surface area contributed by atoms with Crippen molar-refractivity contribution in [3.05, 3.63) is 83.0 Å². The average Bonchev–Trinajstić information content (AvgIpc) is 3.11. The number of rotatable bonds is 2. The smallest absolute Gasteiger partial charge is 0.142 e. The van der Waals surface area contributed by atoms with Crippen molar-refractivity contribution in [3.8, 4) is 17.2 Å². The maximum atomic E-state index is 6.13. The summed E-state index contributed by atoms with van der Waals surface area (Å²) in [5.41, 5.74) is 4.68. The third-order valence-electron chi connectivity index (χ3n) is 5.05. The van der Waals surface area contributed by atoms with Gasteiger partial charge in [-0.15, -0.1) is 0 Å². The van der Waals surface area contributed by atoms with Crippen molar-refractivity contribution in [3.63, 3.8) is 0 Å². The van der Waals surface area contributed by atoms with Gasteiger partial charge >= 0.3 is 0 Å². The van der Waals surface area contributed by atoms with Crippen LogP contribution in [0, 0.1) is 0 Å². The van der Waals surface area contributed by atoms with E-state index in [1.807, 2.05) is 24.3 Å². The molecule has 0 saturated heterocycles. The Hall–Kier alpha value is -2.94. The van der Waals surface area contributed by atoms with Crippen LogP contribution in [-0.2, 0) is 0 Å². The number of benzene rings is 2. The zero-order valence-electron chi connectivity index (χ0n) is 13.9. The third-order valence-corrected chi connectivity index (χ3v) is 5.05. The molecule has 2 unspecified atom stereocenters. The summed E-state index contributed by atoms with van der Waals surface area (Å²) in [6.07, 6.45) is 10.4. The van der Waals surface area contributed by atoms with E-state index in [1.54, 1.807) is 7.11 Å². The summed E-state index contributed by atoms with van der Waals surface area (Å²) in [5, 5.41) is 0. The molecule has 3 aliphatic rings. The Bertz CT molecular complexity index is 919. The lowest BCUT2D eigenvalue weighted by molar-refractivity contribution is 0.279. The highest BCUT2D eigenvalue weighted by molar-refractivity contribution is 5.74. The molecular weight excluding hydrogens is 312 g/mol. The molecule has 2 aromatic carbocycles. The molecule has 25 heavy (non-hydrogen) atoms. The molecule has 2 atom stereocenters. The zero-order chi connectivity index (χ0) is 16.8. The van der Waals surface area contributed by atoms with Gasteiger partial charge in [0, 0.05) is 11.5 Å². The van der Waals surface area contributed by atoms with Crippen molar-refractivity contribution in [1.82, 2.24) is 0 Å². The Balaban J connectivity index is 1.56. The van der Waals surface area contributed by atoms with Gasteiger partial charge in [0.2, 0.25) is 0 Å². The summed E-state index contributed by atoms with van der Waals surface area (Å²) in [4.78, 5) is 0. The predicted molar refractivity (Wildman–Crippen MR) is 97.4 cm³/mol. The fraction of sp³-hybridized carbons (Fsp3) is 0.182. The Morgan fingerprint density at radius 3 is 2.76 bits per heavy atom. The average molecular weight is 330 g/mol. The Morgan fingerprint density at radius 1 is 1.04 bits per heavy atom. The van der Waals surface area contributed by atoms with E-state index in [1.165, 1.54) is 16.7 Å². The highest BCUT2D eigenvalue weighted by Gasteiger charge is 2.31. The SMILES string of the molecule is COc1ccc(C2COc3c2ccc2c3C=C3C=CC=CC3O2)cc1. The minimum absolute atomic E-state index is 0.00865. The molecule has 0 aromatic heterocycles. The van der Waals surface area contributed by atoms with Crippen molar-refractivity contribution < 1.29 is 14.2 Å². The van der Waals surface area contributed by atoms with Crippen LogP contribution in [0.4, 0.5) is 0 Å². The van der Waals surface area contributed by atoms with Crippen molar-refractivity contribution in [1.29, 1.82) is 0 Å². The molecular formula is C22H18O3. The molecule has 0 bridgehead atoms. The van der Waals surface area contributed by atoms with Crippen LogP contribution in [0.1, 0.15) is 22.6 Å². The monoisotopic (exact) mass is 330 g/mol. The van der Waals surface area contributed by atoms with Crippen molar-refractivity contribution >= 4 is 6.08 Å². The summed E-state index contributed by atoms with van der Waals surface area (Å²) in [7, 11) is 1.69. The first-order valence-electron chi connectivity index (χ1n) is 8.50. The van der Waals surface area contributed by atoms with Gasteiger partial charge in [-0.25, -0.2) is 0 Å². The van der Waals surface area contributed by atoms with E-state index < -0.39 is 0 Å². The van der Waals surface area contributed by atoms with Gasteiger partial charge in [0.05, 0.1) is 19.3 Å². The van der Waals surface area contributed by atoms with Crippen molar-refractivity contribution in [2.45, 2.75) is 12.0 Å². The van der Waals surface area contributed by atoms with Crippen LogP contribution in [0.2, 0.25) is 0 Å². The summed E-state index contributed by atoms with van der Waals surface area (Å²) in [5.74, 6) is 2.95. The molecule has 124 valence electrons. The Morgan fingerprint density at radius 2 is 1.92 bits per heavy atom. The highest BCUT2D eigenvalue weighted by atomic mass is 16.5. The van der Waals surface area contributed by atoms with Gasteiger partial charge in [-0.2, -0.15) is 0 Å². The number of ether oxygens (including phenoxy) is 3. The van der Waals surface area contributed by atoms with Gasteiger partial charge in [-0.3, -0.25) is 0 Å². The third kappa shape index (κ3) is 2.27. The van der Waals surface area contributed by atoms with E-state index in [2.05, 4.69) is 42.5 Å². The Kier molecular flexibility index (Phi) is 3.20. The van der Waals surface area contributed by atoms with Crippen molar-refractivity contribution in [2.24, 2.45) is 0 Å². The number of methoxy groups -OCH3 is 1. The minimum Gasteiger partial charge on any atom is -0.497 e. The molecule has 0 saturated carbocycles. The number of allylic oxidation sites excluding steroid dienone is 2. The summed E-state index contributed by atoms with van der Waals surface area (Å²) < 4.78 is 17.5. The molecule has 2 heterocycles. The number of hydrogen-bond acceptors (Lipinski definition) is 3. The standard InChI is InChI=1S/C22H18O3/c1-23-16-8-6-14(7-9-16)19-13-24-22-17(19)10-11-21-18(22)12-15-4-2-3-5-20(15)25-21/h2-12,19-20H,13H2,1H3. The van der Waals surface area contributed by atoms with Gasteiger partial charge < -0.3 is 14.2 Å². The molecule has 2 aromatic rings. The molecule has 3 heteroatoms. The number of hydrogen-bond donors (Lipinski definition) is 0. The van der Waals surface area contributed by atoms with Gasteiger partial charge in [0.25, 0.3) is 0 Å². The van der Waals surface area contributed by atoms with E-state index >= 15 is 0 Å². The van der Waals surface area contributed by atoms with Gasteiger partial charge in [0.1, 0.15) is 23.4 Å². The molecule has 0 N–H and O–H groups in total. The molecule has 0 radical (unpaired) electrons. The summed E-state index contributed by atoms with van der Waals surface area (Å²) in [6, 6.07) is 12.4. The molecule has 1 aliphatic carbocycles. The fourth-order valence-corrected chi connectivity index (χ4v) is 3.72. The second kappa shape index (κ2) is 5.55. The predicted octanol–water partition coefficient (Wildman–Crippen LogP) is 4.49. The topological polar surface area (TPSA) is 27.7 Å². The molecule has 0 fully saturated rings. The van der Waals surface area contributed by atoms with E-state index in [4.69, 9.17) is 14.2 Å². The van der Waals surface area contributed by atoms with Crippen LogP contribution in [0.15, 0.2) is 66.3 Å². The molecule has 0 amide bonds. The first-order chi connectivity index (χ1) is 12.3. The maximum Gasteiger partial charge on any atom is 0.142 e. The quantitative estimate of drug-likeness (QED) is 0.812. The first-order valence-corrected chi connectivity index (χ1v) is 8.50. The van der Waals surface area contributed by atoms with Crippen LogP contribution < -0.4 is 14.2 Å². The van der Waals surface area contributed by atoms with Crippen LogP contribution >= 0.6 is 0 Å². The summed E-state index contributed by atoms with van der Waals surface area (Å²) in [6.45, 7) is 0.653. The van der Waals surface area contributed by atoms with Crippen LogP contribution in [0.3, 0.4) is 0 Å². The summed E-state index contributed by atoms with van der Waals surface area (Å²) >= 11 is 0. The van der Waals surface area contributed by atoms with E-state index in [9.17, 15) is 0 Å². The van der Waals surface area contributed by atoms with E-state index in [0.29, 0.717) is 6.61 Å². The lowest BCUT2D eigenvalue weighted by atomic mass is 9.90. The molecule has 2 aliphatic heterocycles. The molecule has 5 rings (SSSR count). The van der Waals surface area contributed by atoms with Gasteiger partial charge in [0.15, 0.2) is 0 Å².